The number of carbonyl (C=O) groups is 1. The minimum atomic E-state index is 0.0493. The molecule has 0 aliphatic rings. The van der Waals surface area contributed by atoms with E-state index < -0.39 is 0 Å². The second-order valence-electron chi connectivity index (χ2n) is 3.67. The quantitative estimate of drug-likeness (QED) is 0.543. The van der Waals surface area contributed by atoms with Gasteiger partial charge in [-0.15, -0.1) is 6.58 Å². The fourth-order valence-corrected chi connectivity index (χ4v) is 1.63. The van der Waals surface area contributed by atoms with Crippen molar-refractivity contribution in [3.8, 4) is 0 Å². The van der Waals surface area contributed by atoms with E-state index in [-0.39, 0.29) is 5.78 Å². The monoisotopic (exact) mass is 218 g/mol. The molecule has 0 saturated heterocycles. The van der Waals surface area contributed by atoms with Crippen molar-refractivity contribution in [3.63, 3.8) is 0 Å². The highest BCUT2D eigenvalue weighted by molar-refractivity contribution is 5.98. The minimum absolute atomic E-state index is 0.0493. The lowest BCUT2D eigenvalue weighted by Crippen LogP contribution is -2.26. The van der Waals surface area contributed by atoms with E-state index in [1.807, 2.05) is 12.1 Å². The van der Waals surface area contributed by atoms with Crippen LogP contribution in [0.4, 0.5) is 5.82 Å². The van der Waals surface area contributed by atoms with Crippen molar-refractivity contribution in [1.82, 2.24) is 4.98 Å². The maximum absolute atomic E-state index is 11.5. The molecule has 0 aliphatic heterocycles. The Hall–Kier alpha value is -1.64. The number of carbonyl (C=O) groups excluding carboxylic acids is 1. The van der Waals surface area contributed by atoms with Crippen LogP contribution >= 0.6 is 0 Å². The molecule has 1 aromatic heterocycles. The number of anilines is 1. The number of rotatable bonds is 6. The summed E-state index contributed by atoms with van der Waals surface area (Å²) in [5.41, 5.74) is 0.679. The smallest absolute Gasteiger partial charge is 0.163 e. The number of hydrogen-bond acceptors (Lipinski definition) is 3. The Morgan fingerprint density at radius 2 is 2.38 bits per heavy atom. The third-order valence-corrected chi connectivity index (χ3v) is 2.31. The largest absolute Gasteiger partial charge is 0.352 e. The highest BCUT2D eigenvalue weighted by Crippen LogP contribution is 2.17. The average Bonchev–Trinajstić information content (AvgIpc) is 2.29. The van der Waals surface area contributed by atoms with Gasteiger partial charge in [-0.2, -0.15) is 0 Å². The molecule has 0 aromatic carbocycles. The maximum Gasteiger partial charge on any atom is 0.163 e. The van der Waals surface area contributed by atoms with Crippen LogP contribution in [0, 0.1) is 0 Å². The molecule has 0 bridgehead atoms. The van der Waals surface area contributed by atoms with E-state index in [4.69, 9.17) is 0 Å². The van der Waals surface area contributed by atoms with E-state index in [9.17, 15) is 4.79 Å². The molecule has 0 N–H and O–H groups in total. The van der Waals surface area contributed by atoms with Crippen molar-refractivity contribution < 1.29 is 4.79 Å². The number of nitrogens with zero attached hydrogens (tertiary/aromatic N) is 2. The van der Waals surface area contributed by atoms with Crippen molar-refractivity contribution in [1.29, 1.82) is 0 Å². The van der Waals surface area contributed by atoms with E-state index in [1.165, 1.54) is 0 Å². The van der Waals surface area contributed by atoms with Crippen LogP contribution in [-0.4, -0.2) is 23.9 Å². The molecule has 1 aromatic rings. The second-order valence-corrected chi connectivity index (χ2v) is 3.67. The number of aromatic nitrogens is 1. The van der Waals surface area contributed by atoms with Crippen LogP contribution in [0.5, 0.6) is 0 Å². The zero-order valence-electron chi connectivity index (χ0n) is 9.94. The first kappa shape index (κ1) is 12.4. The molecule has 1 heterocycles. The van der Waals surface area contributed by atoms with Gasteiger partial charge in [0.15, 0.2) is 5.78 Å². The van der Waals surface area contributed by atoms with Gasteiger partial charge in [0.25, 0.3) is 0 Å². The van der Waals surface area contributed by atoms with E-state index in [1.54, 1.807) is 19.2 Å². The first-order chi connectivity index (χ1) is 7.70. The normalized spacial score (nSPS) is 9.88. The van der Waals surface area contributed by atoms with E-state index in [0.29, 0.717) is 12.1 Å². The van der Waals surface area contributed by atoms with Crippen molar-refractivity contribution >= 4 is 11.6 Å². The summed E-state index contributed by atoms with van der Waals surface area (Å²) in [6.45, 7) is 8.99. The van der Waals surface area contributed by atoms with Crippen LogP contribution in [0.1, 0.15) is 30.6 Å². The summed E-state index contributed by atoms with van der Waals surface area (Å²) in [6.07, 6.45) is 4.56. The van der Waals surface area contributed by atoms with Gasteiger partial charge in [-0.1, -0.05) is 13.0 Å². The fraction of sp³-hybridized carbons (Fsp3) is 0.385. The number of ketones is 1. The van der Waals surface area contributed by atoms with Gasteiger partial charge in [0.2, 0.25) is 0 Å². The Bertz CT molecular complexity index is 374. The first-order valence-electron chi connectivity index (χ1n) is 5.52. The van der Waals surface area contributed by atoms with E-state index in [2.05, 4.69) is 23.4 Å². The SMILES string of the molecule is C=CCN(CCC)c1ncccc1C(C)=O. The Balaban J connectivity index is 3.06. The molecule has 3 nitrogen and oxygen atoms in total. The van der Waals surface area contributed by atoms with Crippen molar-refractivity contribution in [3.05, 3.63) is 36.5 Å². The van der Waals surface area contributed by atoms with Gasteiger partial charge in [0, 0.05) is 19.3 Å². The average molecular weight is 218 g/mol. The third-order valence-electron chi connectivity index (χ3n) is 2.31. The third kappa shape index (κ3) is 2.92. The summed E-state index contributed by atoms with van der Waals surface area (Å²) in [4.78, 5) is 17.9. The van der Waals surface area contributed by atoms with Crippen molar-refractivity contribution in [2.75, 3.05) is 18.0 Å². The van der Waals surface area contributed by atoms with Crippen LogP contribution in [-0.2, 0) is 0 Å². The fourth-order valence-electron chi connectivity index (χ4n) is 1.63. The second kappa shape index (κ2) is 6.05. The van der Waals surface area contributed by atoms with E-state index >= 15 is 0 Å². The molecule has 0 unspecified atom stereocenters. The number of Topliss-reactive ketones (excluding diaryl/α,β-unsaturated/α-hetero) is 1. The van der Waals surface area contributed by atoms with Crippen LogP contribution in [0.15, 0.2) is 31.0 Å². The van der Waals surface area contributed by atoms with Gasteiger partial charge in [-0.05, 0) is 25.5 Å². The molecule has 86 valence electrons. The van der Waals surface area contributed by atoms with Gasteiger partial charge >= 0.3 is 0 Å². The summed E-state index contributed by atoms with van der Waals surface area (Å²) in [5, 5.41) is 0. The summed E-state index contributed by atoms with van der Waals surface area (Å²) >= 11 is 0. The van der Waals surface area contributed by atoms with Crippen molar-refractivity contribution in [2.45, 2.75) is 20.3 Å². The summed E-state index contributed by atoms with van der Waals surface area (Å²) in [5.74, 6) is 0.810. The predicted octanol–water partition coefficient (Wildman–Crippen LogP) is 2.69. The minimum Gasteiger partial charge on any atom is -0.352 e. The zero-order valence-corrected chi connectivity index (χ0v) is 9.94. The van der Waals surface area contributed by atoms with Gasteiger partial charge in [-0.25, -0.2) is 4.98 Å². The maximum atomic E-state index is 11.5. The zero-order chi connectivity index (χ0) is 12.0. The highest BCUT2D eigenvalue weighted by atomic mass is 16.1. The van der Waals surface area contributed by atoms with Gasteiger partial charge in [0.05, 0.1) is 5.56 Å². The van der Waals surface area contributed by atoms with Gasteiger partial charge in [-0.3, -0.25) is 4.79 Å². The van der Waals surface area contributed by atoms with Gasteiger partial charge < -0.3 is 4.90 Å². The summed E-state index contributed by atoms with van der Waals surface area (Å²) in [6, 6.07) is 3.61. The van der Waals surface area contributed by atoms with Crippen LogP contribution < -0.4 is 4.90 Å². The Labute approximate surface area is 96.8 Å². The highest BCUT2D eigenvalue weighted by Gasteiger charge is 2.13. The standard InChI is InChI=1S/C13H18N2O/c1-4-9-15(10-5-2)13-12(11(3)16)7-6-8-14-13/h4,6-8H,1,5,9-10H2,2-3H3. The lowest BCUT2D eigenvalue weighted by Gasteiger charge is -2.23. The van der Waals surface area contributed by atoms with E-state index in [0.717, 1.165) is 18.8 Å². The van der Waals surface area contributed by atoms with Crippen LogP contribution in [0.2, 0.25) is 0 Å². The molecule has 0 spiro atoms. The lowest BCUT2D eigenvalue weighted by atomic mass is 10.1. The molecule has 1 rings (SSSR count). The molecule has 0 fully saturated rings. The van der Waals surface area contributed by atoms with Crippen LogP contribution in [0.25, 0.3) is 0 Å². The molecule has 0 amide bonds. The number of pyridine rings is 1. The molecular formula is C13H18N2O. The summed E-state index contributed by atoms with van der Waals surface area (Å²) in [7, 11) is 0. The summed E-state index contributed by atoms with van der Waals surface area (Å²) < 4.78 is 0. The van der Waals surface area contributed by atoms with Crippen LogP contribution in [0.3, 0.4) is 0 Å². The van der Waals surface area contributed by atoms with Crippen molar-refractivity contribution in [2.24, 2.45) is 0 Å². The topological polar surface area (TPSA) is 33.2 Å². The lowest BCUT2D eigenvalue weighted by molar-refractivity contribution is 0.101. The molecule has 0 atom stereocenters. The molecular weight excluding hydrogens is 200 g/mol. The Morgan fingerprint density at radius 1 is 1.62 bits per heavy atom. The Kier molecular flexibility index (Phi) is 4.70. The molecule has 16 heavy (non-hydrogen) atoms. The Morgan fingerprint density at radius 3 is 2.94 bits per heavy atom. The molecule has 0 radical (unpaired) electrons. The van der Waals surface area contributed by atoms with Gasteiger partial charge in [0.1, 0.15) is 5.82 Å². The molecule has 0 aliphatic carbocycles. The molecule has 0 saturated carbocycles. The molecule has 3 heteroatoms. The number of hydrogen-bond donors (Lipinski definition) is 0. The predicted molar refractivity (Wildman–Crippen MR) is 66.9 cm³/mol. The first-order valence-corrected chi connectivity index (χ1v) is 5.52.